The van der Waals surface area contributed by atoms with Crippen LogP contribution in [-0.2, 0) is 11.3 Å². The first-order valence-corrected chi connectivity index (χ1v) is 7.55. The highest BCUT2D eigenvalue weighted by molar-refractivity contribution is 7.09. The number of carbonyl (C=O) groups excluding carboxylic acids is 1. The Morgan fingerprint density at radius 3 is 2.68 bits per heavy atom. The number of aromatic nitrogens is 1. The Morgan fingerprint density at radius 2 is 2.11 bits per heavy atom. The van der Waals surface area contributed by atoms with E-state index in [1.807, 2.05) is 0 Å². The molecular formula is C13H22N2O3S. The van der Waals surface area contributed by atoms with E-state index in [2.05, 4.69) is 23.7 Å². The number of aromatic amines is 1. The van der Waals surface area contributed by atoms with Crippen LogP contribution >= 0.6 is 11.3 Å². The molecule has 1 heterocycles. The fourth-order valence-electron chi connectivity index (χ4n) is 1.77. The lowest BCUT2D eigenvalue weighted by Gasteiger charge is -2.19. The Labute approximate surface area is 117 Å². The number of nitrogens with one attached hydrogen (secondary N) is 1. The molecule has 0 atom stereocenters. The molecule has 0 radical (unpaired) electrons. The third kappa shape index (κ3) is 4.80. The molecule has 6 heteroatoms. The fourth-order valence-corrected chi connectivity index (χ4v) is 2.63. The maximum Gasteiger partial charge on any atom is 0.356 e. The summed E-state index contributed by atoms with van der Waals surface area (Å²) in [5.74, 6) is -0.442. The molecule has 0 saturated heterocycles. The first-order chi connectivity index (χ1) is 9.12. The molecular weight excluding hydrogens is 264 g/mol. The van der Waals surface area contributed by atoms with Gasteiger partial charge in [-0.25, -0.2) is 4.79 Å². The molecule has 19 heavy (non-hydrogen) atoms. The number of nitrogens with zero attached hydrogens (tertiary/aromatic N) is 1. The average Bonchev–Trinajstić information content (AvgIpc) is 2.75. The first kappa shape index (κ1) is 15.9. The van der Waals surface area contributed by atoms with Crippen LogP contribution in [0.2, 0.25) is 0 Å². The van der Waals surface area contributed by atoms with Crippen LogP contribution in [0.4, 0.5) is 0 Å². The molecule has 0 aliphatic carbocycles. The number of H-pyrrole nitrogens is 1. The Balaban J connectivity index is 2.81. The number of ether oxygens (including phenoxy) is 1. The Morgan fingerprint density at radius 1 is 1.37 bits per heavy atom. The van der Waals surface area contributed by atoms with Gasteiger partial charge in [0, 0.05) is 6.54 Å². The molecule has 0 aliphatic rings. The highest BCUT2D eigenvalue weighted by Crippen LogP contribution is 2.14. The lowest BCUT2D eigenvalue weighted by atomic mass is 10.3. The van der Waals surface area contributed by atoms with Crippen LogP contribution in [0.1, 0.15) is 49.0 Å². The average molecular weight is 286 g/mol. The molecule has 0 fully saturated rings. The lowest BCUT2D eigenvalue weighted by Crippen LogP contribution is -2.24. The van der Waals surface area contributed by atoms with Gasteiger partial charge in [-0.05, 0) is 26.4 Å². The van der Waals surface area contributed by atoms with Gasteiger partial charge in [-0.2, -0.15) is 0 Å². The topological polar surface area (TPSA) is 62.4 Å². The molecule has 0 spiro atoms. The van der Waals surface area contributed by atoms with Crippen molar-refractivity contribution in [3.8, 4) is 0 Å². The minimum absolute atomic E-state index is 0.204. The fraction of sp³-hybridized carbons (Fsp3) is 0.692. The number of carbonyl (C=O) groups is 1. The SMILES string of the molecule is CCCCN(CC)Cc1sc(=O)[nH]c1C(=O)OCC. The molecule has 1 aromatic rings. The van der Waals surface area contributed by atoms with Crippen LogP contribution in [-0.4, -0.2) is 35.5 Å². The summed E-state index contributed by atoms with van der Waals surface area (Å²) in [5, 5.41) is 0. The zero-order chi connectivity index (χ0) is 14.3. The smallest absolute Gasteiger partial charge is 0.356 e. The van der Waals surface area contributed by atoms with E-state index in [0.29, 0.717) is 18.8 Å². The third-order valence-electron chi connectivity index (χ3n) is 2.84. The van der Waals surface area contributed by atoms with Crippen LogP contribution in [0.5, 0.6) is 0 Å². The van der Waals surface area contributed by atoms with Crippen LogP contribution in [0, 0.1) is 0 Å². The van der Waals surface area contributed by atoms with Gasteiger partial charge in [-0.1, -0.05) is 31.6 Å². The van der Waals surface area contributed by atoms with Gasteiger partial charge in [0.1, 0.15) is 5.69 Å². The van der Waals surface area contributed by atoms with Gasteiger partial charge in [0.25, 0.3) is 0 Å². The molecule has 0 saturated carbocycles. The van der Waals surface area contributed by atoms with Crippen molar-refractivity contribution in [3.63, 3.8) is 0 Å². The van der Waals surface area contributed by atoms with Crippen LogP contribution in [0.3, 0.4) is 0 Å². The number of esters is 1. The summed E-state index contributed by atoms with van der Waals surface area (Å²) in [6, 6.07) is 0. The number of thiazole rings is 1. The highest BCUT2D eigenvalue weighted by atomic mass is 32.1. The monoisotopic (exact) mass is 286 g/mol. The summed E-state index contributed by atoms with van der Waals surface area (Å²) in [6.45, 7) is 8.77. The summed E-state index contributed by atoms with van der Waals surface area (Å²) in [6.07, 6.45) is 2.24. The van der Waals surface area contributed by atoms with Gasteiger partial charge in [-0.15, -0.1) is 0 Å². The van der Waals surface area contributed by atoms with E-state index in [9.17, 15) is 9.59 Å². The summed E-state index contributed by atoms with van der Waals surface area (Å²) in [5.41, 5.74) is 0.312. The second kappa shape index (κ2) is 8.12. The van der Waals surface area contributed by atoms with E-state index in [0.717, 1.165) is 42.1 Å². The molecule has 1 N–H and O–H groups in total. The normalized spacial score (nSPS) is 10.9. The molecule has 0 aromatic carbocycles. The van der Waals surface area contributed by atoms with Crippen molar-refractivity contribution in [1.82, 2.24) is 9.88 Å². The van der Waals surface area contributed by atoms with E-state index in [-0.39, 0.29) is 4.87 Å². The summed E-state index contributed by atoms with van der Waals surface area (Å²) < 4.78 is 4.96. The highest BCUT2D eigenvalue weighted by Gasteiger charge is 2.18. The molecule has 0 amide bonds. The number of rotatable bonds is 8. The van der Waals surface area contributed by atoms with Gasteiger partial charge in [0.05, 0.1) is 11.5 Å². The van der Waals surface area contributed by atoms with E-state index < -0.39 is 5.97 Å². The van der Waals surface area contributed by atoms with Gasteiger partial charge >= 0.3 is 10.8 Å². The molecule has 0 bridgehead atoms. The molecule has 0 aliphatic heterocycles. The quantitative estimate of drug-likeness (QED) is 0.744. The summed E-state index contributed by atoms with van der Waals surface area (Å²) in [7, 11) is 0. The second-order valence-corrected chi connectivity index (χ2v) is 5.32. The predicted octanol–water partition coefficient (Wildman–Crippen LogP) is 2.24. The van der Waals surface area contributed by atoms with Gasteiger partial charge < -0.3 is 9.72 Å². The maximum absolute atomic E-state index is 11.8. The Hall–Kier alpha value is -1.14. The zero-order valence-electron chi connectivity index (χ0n) is 11.8. The van der Waals surface area contributed by atoms with Gasteiger partial charge in [0.15, 0.2) is 0 Å². The Kier molecular flexibility index (Phi) is 6.80. The van der Waals surface area contributed by atoms with Crippen molar-refractivity contribution < 1.29 is 9.53 Å². The van der Waals surface area contributed by atoms with E-state index in [1.54, 1.807) is 6.92 Å². The van der Waals surface area contributed by atoms with Crippen LogP contribution in [0.15, 0.2) is 4.79 Å². The lowest BCUT2D eigenvalue weighted by molar-refractivity contribution is 0.0517. The van der Waals surface area contributed by atoms with Gasteiger partial charge in [0.2, 0.25) is 0 Å². The van der Waals surface area contributed by atoms with Gasteiger partial charge in [-0.3, -0.25) is 9.69 Å². The number of unbranched alkanes of at least 4 members (excludes halogenated alkanes) is 1. The van der Waals surface area contributed by atoms with Crippen molar-refractivity contribution in [3.05, 3.63) is 20.2 Å². The first-order valence-electron chi connectivity index (χ1n) is 6.73. The molecule has 0 unspecified atom stereocenters. The minimum atomic E-state index is -0.442. The number of hydrogen-bond acceptors (Lipinski definition) is 5. The zero-order valence-corrected chi connectivity index (χ0v) is 12.6. The second-order valence-electron chi connectivity index (χ2n) is 4.26. The minimum Gasteiger partial charge on any atom is -0.461 e. The number of hydrogen-bond donors (Lipinski definition) is 1. The molecule has 1 aromatic heterocycles. The van der Waals surface area contributed by atoms with E-state index >= 15 is 0 Å². The maximum atomic E-state index is 11.8. The summed E-state index contributed by atoms with van der Waals surface area (Å²) in [4.78, 5) is 28.6. The molecule has 5 nitrogen and oxygen atoms in total. The van der Waals surface area contributed by atoms with Crippen LogP contribution < -0.4 is 4.87 Å². The van der Waals surface area contributed by atoms with E-state index in [1.165, 1.54) is 0 Å². The summed E-state index contributed by atoms with van der Waals surface area (Å²) >= 11 is 1.09. The third-order valence-corrected chi connectivity index (χ3v) is 3.71. The molecule has 1 rings (SSSR count). The van der Waals surface area contributed by atoms with E-state index in [4.69, 9.17) is 4.74 Å². The van der Waals surface area contributed by atoms with Crippen molar-refractivity contribution in [1.29, 1.82) is 0 Å². The Bertz CT molecular complexity index is 453. The largest absolute Gasteiger partial charge is 0.461 e. The van der Waals surface area contributed by atoms with Crippen molar-refractivity contribution in [2.24, 2.45) is 0 Å². The van der Waals surface area contributed by atoms with Crippen LogP contribution in [0.25, 0.3) is 0 Å². The predicted molar refractivity (Wildman–Crippen MR) is 76.8 cm³/mol. The van der Waals surface area contributed by atoms with Crippen molar-refractivity contribution in [2.75, 3.05) is 19.7 Å². The molecule has 108 valence electrons. The van der Waals surface area contributed by atoms with Crippen molar-refractivity contribution in [2.45, 2.75) is 40.2 Å². The standard InChI is InChI=1S/C13H22N2O3S/c1-4-7-8-15(5-2)9-10-11(12(16)18-6-3)14-13(17)19-10/h4-9H2,1-3H3,(H,14,17). The van der Waals surface area contributed by atoms with Crippen molar-refractivity contribution >= 4 is 17.3 Å².